The molecule has 0 saturated carbocycles. The Hall–Kier alpha value is 0.100. The lowest BCUT2D eigenvalue weighted by atomic mass is 10.1. The van der Waals surface area contributed by atoms with Crippen LogP contribution in [-0.2, 0) is 4.57 Å². The Morgan fingerprint density at radius 3 is 1.53 bits per heavy atom. The average molecular weight is 231 g/mol. The fraction of sp³-hybridized carbons (Fsp3) is 1.00. The third-order valence-corrected chi connectivity index (χ3v) is 3.77. The summed E-state index contributed by atoms with van der Waals surface area (Å²) in [5.41, 5.74) is 0. The summed E-state index contributed by atoms with van der Waals surface area (Å²) in [5.74, 6) is 0. The number of rotatable bonds is 11. The first kappa shape index (κ1) is 15.1. The number of hydrogen-bond acceptors (Lipinski definition) is 1. The van der Waals surface area contributed by atoms with Crippen molar-refractivity contribution in [3.63, 3.8) is 0 Å². The first-order chi connectivity index (χ1) is 7.27. The zero-order valence-corrected chi connectivity index (χ0v) is 11.5. The molecule has 0 spiro atoms. The van der Waals surface area contributed by atoms with E-state index in [1.54, 1.807) is 0 Å². The van der Waals surface area contributed by atoms with E-state index in [0.29, 0.717) is 0 Å². The molecule has 0 radical (unpaired) electrons. The Morgan fingerprint density at radius 1 is 0.733 bits per heavy atom. The van der Waals surface area contributed by atoms with Crippen molar-refractivity contribution in [1.29, 1.82) is 0 Å². The van der Waals surface area contributed by atoms with Gasteiger partial charge in [0.15, 0.2) is 0 Å². The van der Waals surface area contributed by atoms with Gasteiger partial charge in [0.2, 0.25) is 0 Å². The highest BCUT2D eigenvalue weighted by Gasteiger charge is 2.03. The van der Waals surface area contributed by atoms with Gasteiger partial charge in [-0.3, -0.25) is 0 Å². The van der Waals surface area contributed by atoms with E-state index in [1.165, 1.54) is 64.2 Å². The lowest BCUT2D eigenvalue weighted by molar-refractivity contribution is 0.559. The molecule has 0 N–H and O–H groups in total. The van der Waals surface area contributed by atoms with Crippen molar-refractivity contribution in [2.45, 2.75) is 71.1 Å². The van der Waals surface area contributed by atoms with Gasteiger partial charge in [-0.25, -0.2) is 0 Å². The van der Waals surface area contributed by atoms with Crippen molar-refractivity contribution in [2.75, 3.05) is 12.8 Å². The fourth-order valence-corrected chi connectivity index (χ4v) is 2.49. The maximum Gasteiger partial charge on any atom is 0.335 e. The van der Waals surface area contributed by atoms with Gasteiger partial charge >= 0.3 is 7.80 Å². The minimum atomic E-state index is -0.885. The quantitative estimate of drug-likeness (QED) is 0.345. The molecule has 0 heterocycles. The highest BCUT2D eigenvalue weighted by molar-refractivity contribution is 7.43. The summed E-state index contributed by atoms with van der Waals surface area (Å²) in [4.78, 5) is 0. The third kappa shape index (κ3) is 14.1. The summed E-state index contributed by atoms with van der Waals surface area (Å²) in [7, 11) is -0.885. The molecule has 0 saturated heterocycles. The van der Waals surface area contributed by atoms with Crippen LogP contribution in [-0.4, -0.2) is 12.8 Å². The Morgan fingerprint density at radius 2 is 1.13 bits per heavy atom. The maximum atomic E-state index is 10.8. The van der Waals surface area contributed by atoms with Gasteiger partial charge < -0.3 is 0 Å². The van der Waals surface area contributed by atoms with Crippen LogP contribution in [0.5, 0.6) is 0 Å². The first-order valence-corrected chi connectivity index (χ1v) is 8.55. The van der Waals surface area contributed by atoms with Crippen molar-refractivity contribution in [3.8, 4) is 0 Å². The molecule has 0 aliphatic carbocycles. The van der Waals surface area contributed by atoms with Crippen LogP contribution in [0.3, 0.4) is 0 Å². The van der Waals surface area contributed by atoms with Crippen LogP contribution in [0.15, 0.2) is 0 Å². The molecule has 0 aromatic rings. The predicted octanol–water partition coefficient (Wildman–Crippen LogP) is 5.36. The van der Waals surface area contributed by atoms with Crippen LogP contribution < -0.4 is 0 Å². The van der Waals surface area contributed by atoms with Gasteiger partial charge in [-0.15, -0.1) is 0 Å². The molecule has 0 rings (SSSR count). The van der Waals surface area contributed by atoms with E-state index in [-0.39, 0.29) is 0 Å². The largest absolute Gasteiger partial charge is 0.335 e. The number of hydrogen-bond donors (Lipinski definition) is 0. The van der Waals surface area contributed by atoms with Crippen LogP contribution in [0.1, 0.15) is 71.1 Å². The topological polar surface area (TPSA) is 17.1 Å². The van der Waals surface area contributed by atoms with Crippen molar-refractivity contribution in [3.05, 3.63) is 0 Å². The van der Waals surface area contributed by atoms with E-state index in [2.05, 4.69) is 6.92 Å². The van der Waals surface area contributed by atoms with Crippen LogP contribution >= 0.6 is 7.80 Å². The second kappa shape index (κ2) is 12.2. The maximum absolute atomic E-state index is 10.8. The van der Waals surface area contributed by atoms with Gasteiger partial charge in [0, 0.05) is 0 Å². The SMILES string of the molecule is CCCCCCCCCCCC[P+](C)=O. The predicted molar refractivity (Wildman–Crippen MR) is 70.2 cm³/mol. The number of unbranched alkanes of at least 4 members (excludes halogenated alkanes) is 9. The highest BCUT2D eigenvalue weighted by atomic mass is 31.1. The van der Waals surface area contributed by atoms with Crippen LogP contribution in [0.2, 0.25) is 0 Å². The second-order valence-electron chi connectivity index (χ2n) is 4.53. The lowest BCUT2D eigenvalue weighted by Crippen LogP contribution is -1.83. The molecule has 0 bridgehead atoms. The smallest absolute Gasteiger partial charge is 0.0752 e. The van der Waals surface area contributed by atoms with E-state index in [9.17, 15) is 4.57 Å². The molecule has 0 fully saturated rings. The van der Waals surface area contributed by atoms with E-state index in [1.807, 2.05) is 6.66 Å². The van der Waals surface area contributed by atoms with E-state index in [0.717, 1.165) is 6.16 Å². The Bertz CT molecular complexity index is 145. The van der Waals surface area contributed by atoms with Crippen molar-refractivity contribution in [1.82, 2.24) is 0 Å². The van der Waals surface area contributed by atoms with Gasteiger partial charge in [0.05, 0.1) is 0 Å². The summed E-state index contributed by atoms with van der Waals surface area (Å²) >= 11 is 0. The van der Waals surface area contributed by atoms with E-state index in [4.69, 9.17) is 0 Å². The molecule has 0 aliphatic rings. The molecule has 1 unspecified atom stereocenters. The van der Waals surface area contributed by atoms with E-state index < -0.39 is 7.80 Å². The molecule has 2 heteroatoms. The van der Waals surface area contributed by atoms with Crippen molar-refractivity contribution < 1.29 is 4.57 Å². The van der Waals surface area contributed by atoms with Crippen LogP contribution in [0.25, 0.3) is 0 Å². The Balaban J connectivity index is 2.89. The molecule has 1 nitrogen and oxygen atoms in total. The monoisotopic (exact) mass is 231 g/mol. The summed E-state index contributed by atoms with van der Waals surface area (Å²) < 4.78 is 10.8. The Labute approximate surface area is 96.8 Å². The van der Waals surface area contributed by atoms with E-state index >= 15 is 0 Å². The molecule has 0 aliphatic heterocycles. The van der Waals surface area contributed by atoms with Crippen molar-refractivity contribution in [2.24, 2.45) is 0 Å². The minimum absolute atomic E-state index is 0.885. The third-order valence-electron chi connectivity index (χ3n) is 2.83. The normalized spacial score (nSPS) is 11.7. The summed E-state index contributed by atoms with van der Waals surface area (Å²) in [6.45, 7) is 4.10. The second-order valence-corrected chi connectivity index (χ2v) is 6.24. The molecule has 90 valence electrons. The molecule has 0 aromatic carbocycles. The van der Waals surface area contributed by atoms with Gasteiger partial charge in [0.25, 0.3) is 0 Å². The summed E-state index contributed by atoms with van der Waals surface area (Å²) in [6.07, 6.45) is 14.5. The average Bonchev–Trinajstić information content (AvgIpc) is 2.20. The van der Waals surface area contributed by atoms with Gasteiger partial charge in [-0.2, -0.15) is 0 Å². The summed E-state index contributed by atoms with van der Waals surface area (Å²) in [5, 5.41) is 0. The zero-order chi connectivity index (χ0) is 11.4. The molecular weight excluding hydrogens is 203 g/mol. The fourth-order valence-electron chi connectivity index (χ4n) is 1.82. The van der Waals surface area contributed by atoms with Crippen LogP contribution in [0.4, 0.5) is 0 Å². The summed E-state index contributed by atoms with van der Waals surface area (Å²) in [6, 6.07) is 0. The standard InChI is InChI=1S/C13H28OP/c1-3-4-5-6-7-8-9-10-11-12-13-15(2)14/h3-13H2,1-2H3/q+1. The van der Waals surface area contributed by atoms with Gasteiger partial charge in [-0.05, 0) is 12.8 Å². The van der Waals surface area contributed by atoms with Gasteiger partial charge in [0.1, 0.15) is 12.8 Å². The van der Waals surface area contributed by atoms with Crippen LogP contribution in [0, 0.1) is 0 Å². The molecule has 1 atom stereocenters. The molecular formula is C13H28OP+. The molecule has 0 aromatic heterocycles. The van der Waals surface area contributed by atoms with Crippen molar-refractivity contribution >= 4 is 7.80 Å². The van der Waals surface area contributed by atoms with Gasteiger partial charge in [-0.1, -0.05) is 62.9 Å². The molecule has 0 amide bonds. The zero-order valence-electron chi connectivity index (χ0n) is 10.6. The molecule has 15 heavy (non-hydrogen) atoms. The lowest BCUT2D eigenvalue weighted by Gasteiger charge is -2.00. The highest BCUT2D eigenvalue weighted by Crippen LogP contribution is 2.17. The minimum Gasteiger partial charge on any atom is -0.0752 e. The Kier molecular flexibility index (Phi) is 12.3. The first-order valence-electron chi connectivity index (χ1n) is 6.65.